The molecule has 0 aliphatic heterocycles. The monoisotopic (exact) mass is 289 g/mol. The van der Waals surface area contributed by atoms with Gasteiger partial charge in [0.15, 0.2) is 5.82 Å². The van der Waals surface area contributed by atoms with Crippen molar-refractivity contribution in [2.24, 2.45) is 0 Å². The molecule has 0 unspecified atom stereocenters. The molecular weight excluding hydrogens is 274 g/mol. The van der Waals surface area contributed by atoms with Crippen LogP contribution in [-0.4, -0.2) is 9.78 Å². The summed E-state index contributed by atoms with van der Waals surface area (Å²) in [7, 11) is 0. The molecule has 0 aliphatic carbocycles. The SMILES string of the molecule is [C-]#[N+]c1c(N)nn(Cc2ccccc2)c1Nc1ccccc1. The number of anilines is 3. The fourth-order valence-corrected chi connectivity index (χ4v) is 2.23. The van der Waals surface area contributed by atoms with Gasteiger partial charge in [0.2, 0.25) is 0 Å². The van der Waals surface area contributed by atoms with Crippen LogP contribution in [0.4, 0.5) is 23.0 Å². The molecule has 0 saturated carbocycles. The second-order valence-electron chi connectivity index (χ2n) is 4.83. The molecule has 0 radical (unpaired) electrons. The third-order valence-electron chi connectivity index (χ3n) is 3.28. The van der Waals surface area contributed by atoms with Gasteiger partial charge in [-0.15, -0.1) is 0 Å². The van der Waals surface area contributed by atoms with E-state index in [0.29, 0.717) is 18.1 Å². The van der Waals surface area contributed by atoms with Crippen molar-refractivity contribution < 1.29 is 0 Å². The van der Waals surface area contributed by atoms with Gasteiger partial charge >= 0.3 is 0 Å². The first-order valence-electron chi connectivity index (χ1n) is 6.87. The summed E-state index contributed by atoms with van der Waals surface area (Å²) in [5.74, 6) is 0.854. The van der Waals surface area contributed by atoms with Crippen LogP contribution in [0, 0.1) is 6.57 Å². The van der Waals surface area contributed by atoms with E-state index in [1.807, 2.05) is 60.7 Å². The van der Waals surface area contributed by atoms with E-state index in [0.717, 1.165) is 11.3 Å². The Morgan fingerprint density at radius 1 is 1.05 bits per heavy atom. The molecule has 1 aromatic heterocycles. The minimum Gasteiger partial charge on any atom is -0.391 e. The van der Waals surface area contributed by atoms with Crippen LogP contribution < -0.4 is 11.1 Å². The average Bonchev–Trinajstić information content (AvgIpc) is 2.84. The van der Waals surface area contributed by atoms with Crippen molar-refractivity contribution in [3.63, 3.8) is 0 Å². The zero-order valence-corrected chi connectivity index (χ0v) is 11.9. The van der Waals surface area contributed by atoms with Crippen LogP contribution in [0.3, 0.4) is 0 Å². The number of nitrogens with zero attached hydrogens (tertiary/aromatic N) is 3. The molecule has 1 heterocycles. The summed E-state index contributed by atoms with van der Waals surface area (Å²) in [5, 5.41) is 7.53. The highest BCUT2D eigenvalue weighted by Gasteiger charge is 2.16. The molecule has 0 atom stereocenters. The van der Waals surface area contributed by atoms with Gasteiger partial charge in [-0.05, 0) is 17.7 Å². The molecule has 3 rings (SSSR count). The highest BCUT2D eigenvalue weighted by molar-refractivity contribution is 5.80. The summed E-state index contributed by atoms with van der Waals surface area (Å²) in [5.41, 5.74) is 8.21. The molecule has 0 spiro atoms. The number of benzene rings is 2. The van der Waals surface area contributed by atoms with Crippen LogP contribution in [0.1, 0.15) is 5.56 Å². The van der Waals surface area contributed by atoms with Crippen molar-refractivity contribution in [2.75, 3.05) is 11.1 Å². The molecule has 22 heavy (non-hydrogen) atoms. The summed E-state index contributed by atoms with van der Waals surface area (Å²) in [6.07, 6.45) is 0. The fourth-order valence-electron chi connectivity index (χ4n) is 2.23. The number of rotatable bonds is 4. The maximum absolute atomic E-state index is 7.34. The maximum atomic E-state index is 7.34. The van der Waals surface area contributed by atoms with Gasteiger partial charge < -0.3 is 11.1 Å². The van der Waals surface area contributed by atoms with Gasteiger partial charge in [0.1, 0.15) is 5.82 Å². The predicted molar refractivity (Wildman–Crippen MR) is 88.2 cm³/mol. The number of hydrogen-bond acceptors (Lipinski definition) is 3. The van der Waals surface area contributed by atoms with Crippen LogP contribution in [0.15, 0.2) is 60.7 Å². The summed E-state index contributed by atoms with van der Waals surface area (Å²) in [6.45, 7) is 7.89. The van der Waals surface area contributed by atoms with E-state index in [9.17, 15) is 0 Å². The number of nitrogens with one attached hydrogen (secondary N) is 1. The lowest BCUT2D eigenvalue weighted by Gasteiger charge is -2.11. The van der Waals surface area contributed by atoms with E-state index in [2.05, 4.69) is 15.3 Å². The first kappa shape index (κ1) is 13.7. The number of nitrogen functional groups attached to an aromatic ring is 1. The minimum atomic E-state index is 0.240. The van der Waals surface area contributed by atoms with Crippen LogP contribution in [-0.2, 0) is 6.54 Å². The van der Waals surface area contributed by atoms with Gasteiger partial charge in [-0.1, -0.05) is 48.5 Å². The summed E-state index contributed by atoms with van der Waals surface area (Å²) >= 11 is 0. The summed E-state index contributed by atoms with van der Waals surface area (Å²) in [6, 6.07) is 19.6. The Hall–Kier alpha value is -3.26. The van der Waals surface area contributed by atoms with Gasteiger partial charge in [0.25, 0.3) is 5.69 Å². The van der Waals surface area contributed by atoms with Crippen molar-refractivity contribution in [3.8, 4) is 0 Å². The topological polar surface area (TPSA) is 60.2 Å². The molecule has 5 heteroatoms. The lowest BCUT2D eigenvalue weighted by molar-refractivity contribution is 0.699. The van der Waals surface area contributed by atoms with E-state index >= 15 is 0 Å². The third kappa shape index (κ3) is 2.76. The molecule has 0 amide bonds. The third-order valence-corrected chi connectivity index (χ3v) is 3.28. The minimum absolute atomic E-state index is 0.240. The van der Waals surface area contributed by atoms with Crippen molar-refractivity contribution in [1.29, 1.82) is 0 Å². The van der Waals surface area contributed by atoms with E-state index in [-0.39, 0.29) is 5.82 Å². The summed E-state index contributed by atoms with van der Waals surface area (Å²) in [4.78, 5) is 3.51. The number of para-hydroxylation sites is 1. The maximum Gasteiger partial charge on any atom is 0.270 e. The van der Waals surface area contributed by atoms with Gasteiger partial charge in [-0.25, -0.2) is 4.85 Å². The van der Waals surface area contributed by atoms with E-state index in [4.69, 9.17) is 12.3 Å². The van der Waals surface area contributed by atoms with Crippen molar-refractivity contribution >= 4 is 23.0 Å². The highest BCUT2D eigenvalue weighted by atomic mass is 15.4. The lowest BCUT2D eigenvalue weighted by Crippen LogP contribution is -2.06. The van der Waals surface area contributed by atoms with Crippen LogP contribution in [0.25, 0.3) is 4.85 Å². The second-order valence-corrected chi connectivity index (χ2v) is 4.83. The Morgan fingerprint density at radius 3 is 2.32 bits per heavy atom. The van der Waals surface area contributed by atoms with E-state index < -0.39 is 0 Å². The van der Waals surface area contributed by atoms with Crippen molar-refractivity contribution in [2.45, 2.75) is 6.54 Å². The van der Waals surface area contributed by atoms with E-state index in [1.165, 1.54) is 0 Å². The molecule has 2 aromatic carbocycles. The normalized spacial score (nSPS) is 10.1. The Labute approximate surface area is 128 Å². The Kier molecular flexibility index (Phi) is 3.75. The van der Waals surface area contributed by atoms with E-state index in [1.54, 1.807) is 4.68 Å². The van der Waals surface area contributed by atoms with Crippen molar-refractivity contribution in [1.82, 2.24) is 9.78 Å². The molecule has 108 valence electrons. The van der Waals surface area contributed by atoms with Crippen LogP contribution in [0.5, 0.6) is 0 Å². The molecule has 5 nitrogen and oxygen atoms in total. The van der Waals surface area contributed by atoms with Crippen molar-refractivity contribution in [3.05, 3.63) is 77.6 Å². The predicted octanol–water partition coefficient (Wildman–Crippen LogP) is 3.81. The summed E-state index contributed by atoms with van der Waals surface area (Å²) < 4.78 is 1.73. The largest absolute Gasteiger partial charge is 0.391 e. The number of hydrogen-bond donors (Lipinski definition) is 2. The van der Waals surface area contributed by atoms with Crippen LogP contribution in [0.2, 0.25) is 0 Å². The van der Waals surface area contributed by atoms with Gasteiger partial charge in [0, 0.05) is 5.69 Å². The first-order chi connectivity index (χ1) is 10.8. The first-order valence-corrected chi connectivity index (χ1v) is 6.87. The molecule has 3 N–H and O–H groups in total. The molecule has 0 aliphatic rings. The molecule has 3 aromatic rings. The number of aromatic nitrogens is 2. The quantitative estimate of drug-likeness (QED) is 0.718. The Bertz CT molecular complexity index is 800. The van der Waals surface area contributed by atoms with Gasteiger partial charge in [-0.3, -0.25) is 4.68 Å². The number of nitrogens with two attached hydrogens (primary N) is 1. The lowest BCUT2D eigenvalue weighted by atomic mass is 10.2. The molecular formula is C17H15N5. The fraction of sp³-hybridized carbons (Fsp3) is 0.0588. The highest BCUT2D eigenvalue weighted by Crippen LogP contribution is 2.34. The average molecular weight is 289 g/mol. The van der Waals surface area contributed by atoms with Gasteiger partial charge in [-0.2, -0.15) is 5.10 Å². The molecule has 0 fully saturated rings. The Morgan fingerprint density at radius 2 is 1.68 bits per heavy atom. The smallest absolute Gasteiger partial charge is 0.270 e. The molecule has 0 saturated heterocycles. The second kappa shape index (κ2) is 6.02. The van der Waals surface area contributed by atoms with Crippen LogP contribution >= 0.6 is 0 Å². The Balaban J connectivity index is 1.98. The van der Waals surface area contributed by atoms with Gasteiger partial charge in [0.05, 0.1) is 13.1 Å². The standard InChI is InChI=1S/C17H15N5/c1-19-15-16(18)21-22(12-13-8-4-2-5-9-13)17(15)20-14-10-6-3-7-11-14/h2-11,20H,12H2,(H2,18,21). The molecule has 0 bridgehead atoms. The zero-order valence-electron chi connectivity index (χ0n) is 11.9. The zero-order chi connectivity index (χ0) is 15.4.